The second-order valence-electron chi connectivity index (χ2n) is 9.85. The van der Waals surface area contributed by atoms with Crippen molar-refractivity contribution in [3.05, 3.63) is 0 Å². The molecular weight excluding hydrogens is 374 g/mol. The fraction of sp³-hybridized carbons (Fsp3) is 0.923. The third-order valence-corrected chi connectivity index (χ3v) is 5.57. The van der Waals surface area contributed by atoms with Gasteiger partial charge in [-0.1, -0.05) is 103 Å². The maximum Gasteiger partial charge on any atom is 0.410 e. The number of amides is 1. The highest BCUT2D eigenvalue weighted by Gasteiger charge is 2.25. The maximum absolute atomic E-state index is 12.3. The molecule has 0 spiro atoms. The van der Waals surface area contributed by atoms with Crippen molar-refractivity contribution in [3.63, 3.8) is 0 Å². The molecule has 4 nitrogen and oxygen atoms in total. The van der Waals surface area contributed by atoms with E-state index < -0.39 is 11.6 Å². The predicted molar refractivity (Wildman–Crippen MR) is 128 cm³/mol. The molecule has 1 atom stereocenters. The number of hydrogen-bond acceptors (Lipinski definition) is 3. The van der Waals surface area contributed by atoms with E-state index in [1.165, 1.54) is 89.9 Å². The lowest BCUT2D eigenvalue weighted by Crippen LogP contribution is -2.43. The lowest BCUT2D eigenvalue weighted by Gasteiger charge is -2.29. The van der Waals surface area contributed by atoms with E-state index in [4.69, 9.17) is 4.74 Å². The van der Waals surface area contributed by atoms with Crippen LogP contribution in [-0.4, -0.2) is 35.5 Å². The number of unbranched alkanes of at least 4 members (excludes halogenated alkanes) is 15. The van der Waals surface area contributed by atoms with Gasteiger partial charge in [-0.2, -0.15) is 0 Å². The summed E-state index contributed by atoms with van der Waals surface area (Å²) in [6.45, 7) is 10.2. The van der Waals surface area contributed by atoms with Crippen LogP contribution in [0.4, 0.5) is 4.79 Å². The molecule has 0 aliphatic rings. The third-order valence-electron chi connectivity index (χ3n) is 5.57. The van der Waals surface area contributed by atoms with Crippen molar-refractivity contribution in [2.75, 3.05) is 6.54 Å². The Morgan fingerprint density at radius 2 is 1.13 bits per heavy atom. The normalized spacial score (nSPS) is 12.6. The van der Waals surface area contributed by atoms with Gasteiger partial charge >= 0.3 is 6.09 Å². The first kappa shape index (κ1) is 28.9. The molecule has 0 fully saturated rings. The van der Waals surface area contributed by atoms with E-state index in [0.717, 1.165) is 19.1 Å². The first-order valence-electron chi connectivity index (χ1n) is 12.8. The van der Waals surface area contributed by atoms with Crippen LogP contribution in [0.3, 0.4) is 0 Å². The third kappa shape index (κ3) is 17.8. The van der Waals surface area contributed by atoms with Crippen molar-refractivity contribution in [1.82, 2.24) is 4.90 Å². The summed E-state index contributed by atoms with van der Waals surface area (Å²) < 4.78 is 5.43. The number of nitrogens with zero attached hydrogens (tertiary/aromatic N) is 1. The zero-order valence-electron chi connectivity index (χ0n) is 20.8. The van der Waals surface area contributed by atoms with Gasteiger partial charge in [-0.25, -0.2) is 4.79 Å². The molecule has 0 rings (SSSR count). The molecule has 0 aromatic rings. The maximum atomic E-state index is 12.3. The molecule has 0 bridgehead atoms. The second kappa shape index (κ2) is 18.7. The van der Waals surface area contributed by atoms with E-state index >= 15 is 0 Å². The lowest BCUT2D eigenvalue weighted by atomic mass is 10.0. The van der Waals surface area contributed by atoms with Crippen molar-refractivity contribution in [2.24, 2.45) is 0 Å². The average Bonchev–Trinajstić information content (AvgIpc) is 2.68. The van der Waals surface area contributed by atoms with E-state index in [2.05, 4.69) is 6.92 Å². The largest absolute Gasteiger partial charge is 0.444 e. The summed E-state index contributed by atoms with van der Waals surface area (Å²) in [6, 6.07) is -0.434. The van der Waals surface area contributed by atoms with Crippen LogP contribution in [0.5, 0.6) is 0 Å². The van der Waals surface area contributed by atoms with Crippen LogP contribution in [0.25, 0.3) is 0 Å². The molecule has 0 heterocycles. The molecule has 0 aromatic heterocycles. The molecule has 1 amide bonds. The Morgan fingerprint density at radius 1 is 0.767 bits per heavy atom. The van der Waals surface area contributed by atoms with Gasteiger partial charge in [0.15, 0.2) is 0 Å². The van der Waals surface area contributed by atoms with Crippen LogP contribution < -0.4 is 0 Å². The molecule has 4 heteroatoms. The SMILES string of the molecule is CCCCCCCCCCCCCCCCCCN(C(=O)OC(C)(C)C)[C@H](C)C=O. The van der Waals surface area contributed by atoms with Gasteiger partial charge in [0, 0.05) is 6.54 Å². The molecular formula is C26H51NO3. The Kier molecular flexibility index (Phi) is 18.0. The summed E-state index contributed by atoms with van der Waals surface area (Å²) in [5, 5.41) is 0. The number of aldehydes is 1. The Hall–Kier alpha value is -1.06. The summed E-state index contributed by atoms with van der Waals surface area (Å²) in [6.07, 6.45) is 21.6. The van der Waals surface area contributed by atoms with Gasteiger partial charge in [0.05, 0.1) is 6.04 Å². The molecule has 0 aromatic carbocycles. The molecule has 0 unspecified atom stereocenters. The fourth-order valence-corrected chi connectivity index (χ4v) is 3.69. The average molecular weight is 426 g/mol. The summed E-state index contributed by atoms with van der Waals surface area (Å²) in [4.78, 5) is 25.0. The zero-order valence-corrected chi connectivity index (χ0v) is 20.8. The van der Waals surface area contributed by atoms with Crippen molar-refractivity contribution in [3.8, 4) is 0 Å². The van der Waals surface area contributed by atoms with Crippen LogP contribution >= 0.6 is 0 Å². The van der Waals surface area contributed by atoms with Crippen molar-refractivity contribution in [1.29, 1.82) is 0 Å². The number of carbonyl (C=O) groups excluding carboxylic acids is 2. The molecule has 0 N–H and O–H groups in total. The first-order chi connectivity index (χ1) is 14.3. The fourth-order valence-electron chi connectivity index (χ4n) is 3.69. The Labute approximate surface area is 187 Å². The van der Waals surface area contributed by atoms with Crippen LogP contribution in [0.15, 0.2) is 0 Å². The second-order valence-corrected chi connectivity index (χ2v) is 9.85. The van der Waals surface area contributed by atoms with Crippen LogP contribution in [0, 0.1) is 0 Å². The van der Waals surface area contributed by atoms with Gasteiger partial charge in [-0.05, 0) is 34.1 Å². The summed E-state index contributed by atoms with van der Waals surface area (Å²) in [7, 11) is 0. The molecule has 0 saturated carbocycles. The van der Waals surface area contributed by atoms with Crippen LogP contribution in [-0.2, 0) is 9.53 Å². The van der Waals surface area contributed by atoms with Crippen molar-refractivity contribution < 1.29 is 14.3 Å². The van der Waals surface area contributed by atoms with Gasteiger partial charge in [0.25, 0.3) is 0 Å². The summed E-state index contributed by atoms with van der Waals surface area (Å²) in [5.74, 6) is 0. The molecule has 0 radical (unpaired) electrons. The summed E-state index contributed by atoms with van der Waals surface area (Å²) >= 11 is 0. The van der Waals surface area contributed by atoms with E-state index in [1.807, 2.05) is 20.8 Å². The Bertz CT molecular complexity index is 417. The lowest BCUT2D eigenvalue weighted by molar-refractivity contribution is -0.112. The highest BCUT2D eigenvalue weighted by atomic mass is 16.6. The topological polar surface area (TPSA) is 46.6 Å². The number of ether oxygens (including phenoxy) is 1. The number of rotatable bonds is 19. The van der Waals surface area contributed by atoms with Crippen LogP contribution in [0.1, 0.15) is 137 Å². The van der Waals surface area contributed by atoms with E-state index in [9.17, 15) is 9.59 Å². The van der Waals surface area contributed by atoms with Gasteiger partial charge < -0.3 is 9.53 Å². The molecule has 30 heavy (non-hydrogen) atoms. The van der Waals surface area contributed by atoms with Crippen LogP contribution in [0.2, 0.25) is 0 Å². The minimum atomic E-state index is -0.535. The smallest absolute Gasteiger partial charge is 0.410 e. The Morgan fingerprint density at radius 3 is 1.47 bits per heavy atom. The molecule has 0 aliphatic heterocycles. The van der Waals surface area contributed by atoms with Gasteiger partial charge in [-0.15, -0.1) is 0 Å². The monoisotopic (exact) mass is 425 g/mol. The van der Waals surface area contributed by atoms with Gasteiger partial charge in [0.1, 0.15) is 11.9 Å². The minimum absolute atomic E-state index is 0.386. The number of carbonyl (C=O) groups is 2. The number of hydrogen-bond donors (Lipinski definition) is 0. The summed E-state index contributed by atoms with van der Waals surface area (Å²) in [5.41, 5.74) is -0.535. The van der Waals surface area contributed by atoms with Gasteiger partial charge in [0.2, 0.25) is 0 Å². The Balaban J connectivity index is 3.62. The molecule has 0 saturated heterocycles. The van der Waals surface area contributed by atoms with E-state index in [-0.39, 0.29) is 6.09 Å². The van der Waals surface area contributed by atoms with Crippen molar-refractivity contribution in [2.45, 2.75) is 149 Å². The quantitative estimate of drug-likeness (QED) is 0.155. The first-order valence-corrected chi connectivity index (χ1v) is 12.8. The van der Waals surface area contributed by atoms with Gasteiger partial charge in [-0.3, -0.25) is 4.90 Å². The van der Waals surface area contributed by atoms with E-state index in [0.29, 0.717) is 6.54 Å². The molecule has 178 valence electrons. The standard InChI is InChI=1S/C26H51NO3/c1-6-7-8-9-10-11-12-13-14-15-16-17-18-19-20-21-22-27(24(2)23-28)25(29)30-26(3,4)5/h23-24H,6-22H2,1-5H3/t24-/m1/s1. The van der Waals surface area contributed by atoms with Crippen molar-refractivity contribution >= 4 is 12.4 Å². The predicted octanol–water partition coefficient (Wildman–Crippen LogP) is 8.07. The highest BCUT2D eigenvalue weighted by molar-refractivity contribution is 5.73. The zero-order chi connectivity index (χ0) is 22.7. The molecule has 0 aliphatic carbocycles. The minimum Gasteiger partial charge on any atom is -0.444 e. The van der Waals surface area contributed by atoms with E-state index in [1.54, 1.807) is 11.8 Å². The highest BCUT2D eigenvalue weighted by Crippen LogP contribution is 2.15.